The molecular weight excluding hydrogens is 209 g/mol. The molecule has 0 radical (unpaired) electrons. The van der Waals surface area contributed by atoms with Crippen LogP contribution in [0.3, 0.4) is 0 Å². The molecule has 0 fully saturated rings. The van der Waals surface area contributed by atoms with E-state index in [-0.39, 0.29) is 5.82 Å². The van der Waals surface area contributed by atoms with Crippen LogP contribution in [-0.2, 0) is 7.05 Å². The summed E-state index contributed by atoms with van der Waals surface area (Å²) in [6.45, 7) is 1.60. The number of halogens is 1. The van der Waals surface area contributed by atoms with E-state index in [1.165, 1.54) is 12.1 Å². The predicted octanol–water partition coefficient (Wildman–Crippen LogP) is 1.09. The molecule has 1 aromatic carbocycles. The molecule has 2 unspecified atom stereocenters. The molecule has 2 aromatic rings. The van der Waals surface area contributed by atoms with E-state index in [1.807, 2.05) is 0 Å². The van der Waals surface area contributed by atoms with Gasteiger partial charge < -0.3 is 15.4 Å². The molecule has 1 aromatic heterocycles. The molecule has 0 saturated carbocycles. The molecule has 0 bridgehead atoms. The monoisotopic (exact) mass is 223 g/mol. The van der Waals surface area contributed by atoms with E-state index in [2.05, 4.69) is 4.98 Å². The van der Waals surface area contributed by atoms with Gasteiger partial charge in [-0.1, -0.05) is 0 Å². The van der Waals surface area contributed by atoms with E-state index in [9.17, 15) is 9.50 Å². The number of aliphatic hydroxyl groups is 1. The van der Waals surface area contributed by atoms with Gasteiger partial charge in [0.25, 0.3) is 0 Å². The van der Waals surface area contributed by atoms with Crippen molar-refractivity contribution in [2.75, 3.05) is 0 Å². The Bertz CT molecular complexity index is 521. The highest BCUT2D eigenvalue weighted by atomic mass is 19.1. The Morgan fingerprint density at radius 1 is 1.50 bits per heavy atom. The molecule has 0 amide bonds. The molecule has 0 aliphatic rings. The standard InChI is InChI=1S/C11H14FN3O/c1-6(16)10(13)11-14-8-5-7(12)3-4-9(8)15(11)2/h3-6,10,16H,13H2,1-2H3. The average Bonchev–Trinajstić information content (AvgIpc) is 2.54. The lowest BCUT2D eigenvalue weighted by Crippen LogP contribution is -2.26. The number of hydrogen-bond donors (Lipinski definition) is 2. The van der Waals surface area contributed by atoms with Gasteiger partial charge in [-0.2, -0.15) is 0 Å². The third-order valence-corrected chi connectivity index (χ3v) is 2.70. The zero-order chi connectivity index (χ0) is 11.9. The van der Waals surface area contributed by atoms with Gasteiger partial charge in [-0.05, 0) is 19.1 Å². The maximum absolute atomic E-state index is 13.0. The van der Waals surface area contributed by atoms with Crippen LogP contribution < -0.4 is 5.73 Å². The second kappa shape index (κ2) is 3.84. The second-order valence-electron chi connectivity index (χ2n) is 3.93. The minimum absolute atomic E-state index is 0.331. The largest absolute Gasteiger partial charge is 0.391 e. The van der Waals surface area contributed by atoms with Crippen molar-refractivity contribution in [1.82, 2.24) is 9.55 Å². The molecule has 16 heavy (non-hydrogen) atoms. The summed E-state index contributed by atoms with van der Waals surface area (Å²) in [5.74, 6) is 0.221. The zero-order valence-corrected chi connectivity index (χ0v) is 9.18. The lowest BCUT2D eigenvalue weighted by molar-refractivity contribution is 0.159. The summed E-state index contributed by atoms with van der Waals surface area (Å²) in [7, 11) is 1.80. The Hall–Kier alpha value is -1.46. The number of nitrogens with zero attached hydrogens (tertiary/aromatic N) is 2. The minimum Gasteiger partial charge on any atom is -0.391 e. The van der Waals surface area contributed by atoms with Crippen LogP contribution >= 0.6 is 0 Å². The summed E-state index contributed by atoms with van der Waals surface area (Å²) in [4.78, 5) is 4.23. The van der Waals surface area contributed by atoms with Crippen LogP contribution in [0.4, 0.5) is 4.39 Å². The number of fused-ring (bicyclic) bond motifs is 1. The van der Waals surface area contributed by atoms with Crippen LogP contribution in [0.15, 0.2) is 18.2 Å². The van der Waals surface area contributed by atoms with E-state index in [4.69, 9.17) is 5.73 Å². The Labute approximate surface area is 92.5 Å². The lowest BCUT2D eigenvalue weighted by atomic mass is 10.2. The SMILES string of the molecule is CC(O)C(N)c1nc2cc(F)ccc2n1C. The van der Waals surface area contributed by atoms with Crippen LogP contribution in [0.1, 0.15) is 18.8 Å². The molecule has 5 heteroatoms. The Morgan fingerprint density at radius 3 is 2.81 bits per heavy atom. The summed E-state index contributed by atoms with van der Waals surface area (Å²) in [5, 5.41) is 9.43. The van der Waals surface area contributed by atoms with Crippen molar-refractivity contribution >= 4 is 11.0 Å². The highest BCUT2D eigenvalue weighted by Crippen LogP contribution is 2.20. The molecule has 0 saturated heterocycles. The van der Waals surface area contributed by atoms with Crippen LogP contribution in [0.25, 0.3) is 11.0 Å². The van der Waals surface area contributed by atoms with E-state index in [1.54, 1.807) is 24.6 Å². The van der Waals surface area contributed by atoms with Gasteiger partial charge >= 0.3 is 0 Å². The number of nitrogens with two attached hydrogens (primary N) is 1. The summed E-state index contributed by atoms with van der Waals surface area (Å²) >= 11 is 0. The molecule has 86 valence electrons. The molecule has 4 nitrogen and oxygen atoms in total. The van der Waals surface area contributed by atoms with Crippen LogP contribution in [-0.4, -0.2) is 20.8 Å². The van der Waals surface area contributed by atoms with Gasteiger partial charge in [-0.3, -0.25) is 0 Å². The number of benzene rings is 1. The molecule has 1 heterocycles. The molecule has 2 rings (SSSR count). The first-order valence-corrected chi connectivity index (χ1v) is 5.06. The van der Waals surface area contributed by atoms with Crippen molar-refractivity contribution in [3.8, 4) is 0 Å². The molecule has 0 aliphatic carbocycles. The summed E-state index contributed by atoms with van der Waals surface area (Å²) in [5.41, 5.74) is 7.16. The number of imidazole rings is 1. The topological polar surface area (TPSA) is 64.1 Å². The molecule has 3 N–H and O–H groups in total. The Kier molecular flexibility index (Phi) is 2.65. The molecule has 0 aliphatic heterocycles. The molecular formula is C11H14FN3O. The number of aliphatic hydroxyl groups excluding tert-OH is 1. The van der Waals surface area contributed by atoms with E-state index >= 15 is 0 Å². The number of aryl methyl sites for hydroxylation is 1. The van der Waals surface area contributed by atoms with Crippen molar-refractivity contribution < 1.29 is 9.50 Å². The maximum atomic E-state index is 13.0. The van der Waals surface area contributed by atoms with E-state index in [0.29, 0.717) is 11.3 Å². The van der Waals surface area contributed by atoms with Gasteiger partial charge in [0, 0.05) is 13.1 Å². The van der Waals surface area contributed by atoms with Crippen molar-refractivity contribution in [1.29, 1.82) is 0 Å². The number of hydrogen-bond acceptors (Lipinski definition) is 3. The third-order valence-electron chi connectivity index (χ3n) is 2.70. The van der Waals surface area contributed by atoms with Crippen molar-refractivity contribution in [2.45, 2.75) is 19.1 Å². The minimum atomic E-state index is -0.694. The Balaban J connectivity index is 2.60. The number of aromatic nitrogens is 2. The van der Waals surface area contributed by atoms with E-state index in [0.717, 1.165) is 5.52 Å². The van der Waals surface area contributed by atoms with Crippen molar-refractivity contribution in [3.05, 3.63) is 29.8 Å². The highest BCUT2D eigenvalue weighted by molar-refractivity contribution is 5.76. The fourth-order valence-electron chi connectivity index (χ4n) is 1.71. The smallest absolute Gasteiger partial charge is 0.129 e. The lowest BCUT2D eigenvalue weighted by Gasteiger charge is -2.14. The molecule has 2 atom stereocenters. The van der Waals surface area contributed by atoms with Gasteiger partial charge in [0.2, 0.25) is 0 Å². The fourth-order valence-corrected chi connectivity index (χ4v) is 1.71. The fraction of sp³-hybridized carbons (Fsp3) is 0.364. The van der Waals surface area contributed by atoms with E-state index < -0.39 is 12.1 Å². The normalized spacial score (nSPS) is 15.3. The van der Waals surface area contributed by atoms with Gasteiger partial charge in [-0.25, -0.2) is 9.37 Å². The first kappa shape index (κ1) is 11.0. The van der Waals surface area contributed by atoms with Gasteiger partial charge in [0.1, 0.15) is 11.6 Å². The zero-order valence-electron chi connectivity index (χ0n) is 9.18. The Morgan fingerprint density at radius 2 is 2.19 bits per heavy atom. The highest BCUT2D eigenvalue weighted by Gasteiger charge is 2.19. The van der Waals surface area contributed by atoms with Crippen LogP contribution in [0.5, 0.6) is 0 Å². The maximum Gasteiger partial charge on any atom is 0.129 e. The predicted molar refractivity (Wildman–Crippen MR) is 59.3 cm³/mol. The van der Waals surface area contributed by atoms with Crippen molar-refractivity contribution in [3.63, 3.8) is 0 Å². The summed E-state index contributed by atoms with van der Waals surface area (Å²) < 4.78 is 14.8. The average molecular weight is 223 g/mol. The second-order valence-corrected chi connectivity index (χ2v) is 3.93. The van der Waals surface area contributed by atoms with Crippen molar-refractivity contribution in [2.24, 2.45) is 12.8 Å². The van der Waals surface area contributed by atoms with Crippen LogP contribution in [0, 0.1) is 5.82 Å². The van der Waals surface area contributed by atoms with Gasteiger partial charge in [0.15, 0.2) is 0 Å². The third kappa shape index (κ3) is 1.68. The quantitative estimate of drug-likeness (QED) is 0.801. The first-order chi connectivity index (χ1) is 7.50. The first-order valence-electron chi connectivity index (χ1n) is 5.06. The van der Waals surface area contributed by atoms with Gasteiger partial charge in [0.05, 0.1) is 23.2 Å². The summed E-state index contributed by atoms with van der Waals surface area (Å²) in [6.07, 6.45) is -0.694. The number of rotatable bonds is 2. The van der Waals surface area contributed by atoms with Gasteiger partial charge in [-0.15, -0.1) is 0 Å². The van der Waals surface area contributed by atoms with Crippen LogP contribution in [0.2, 0.25) is 0 Å². The summed E-state index contributed by atoms with van der Waals surface area (Å²) in [6, 6.07) is 3.81. The molecule has 0 spiro atoms.